The van der Waals surface area contributed by atoms with Crippen molar-refractivity contribution < 1.29 is 19.1 Å². The van der Waals surface area contributed by atoms with Gasteiger partial charge < -0.3 is 14.8 Å². The average molecular weight is 237 g/mol. The molecule has 0 radical (unpaired) electrons. The Hall–Kier alpha value is -1.78. The minimum atomic E-state index is -1.17. The number of carbonyl (C=O) groups is 2. The molecule has 1 heterocycles. The quantitative estimate of drug-likeness (QED) is 0.819. The Morgan fingerprint density at radius 1 is 1.35 bits per heavy atom. The molecule has 1 saturated carbocycles. The van der Waals surface area contributed by atoms with Gasteiger partial charge in [0.05, 0.1) is 0 Å². The molecular formula is C12H15NO4. The molecule has 1 aromatic rings. The van der Waals surface area contributed by atoms with E-state index in [1.54, 1.807) is 0 Å². The summed E-state index contributed by atoms with van der Waals surface area (Å²) in [5.74, 6) is -0.943. The molecule has 5 heteroatoms. The van der Waals surface area contributed by atoms with Gasteiger partial charge in [0.2, 0.25) is 5.76 Å². The van der Waals surface area contributed by atoms with Gasteiger partial charge in [-0.05, 0) is 24.5 Å². The summed E-state index contributed by atoms with van der Waals surface area (Å²) in [7, 11) is 0. The summed E-state index contributed by atoms with van der Waals surface area (Å²) < 4.78 is 4.89. The van der Waals surface area contributed by atoms with Crippen LogP contribution in [-0.2, 0) is 0 Å². The molecule has 17 heavy (non-hydrogen) atoms. The Kier molecular flexibility index (Phi) is 3.46. The molecule has 0 aliphatic heterocycles. The first-order valence-corrected chi connectivity index (χ1v) is 5.78. The zero-order valence-corrected chi connectivity index (χ0v) is 9.44. The van der Waals surface area contributed by atoms with E-state index in [0.29, 0.717) is 6.54 Å². The van der Waals surface area contributed by atoms with Crippen LogP contribution >= 0.6 is 0 Å². The van der Waals surface area contributed by atoms with Gasteiger partial charge in [-0.1, -0.05) is 19.3 Å². The van der Waals surface area contributed by atoms with E-state index >= 15 is 0 Å². The Morgan fingerprint density at radius 3 is 2.59 bits per heavy atom. The lowest BCUT2D eigenvalue weighted by molar-refractivity contribution is 0.0659. The molecular weight excluding hydrogens is 222 g/mol. The van der Waals surface area contributed by atoms with Gasteiger partial charge in [-0.2, -0.15) is 0 Å². The normalized spacial score (nSPS) is 15.3. The first-order chi connectivity index (χ1) is 8.16. The highest BCUT2D eigenvalue weighted by atomic mass is 16.4. The first-order valence-electron chi connectivity index (χ1n) is 5.78. The zero-order chi connectivity index (χ0) is 12.3. The Bertz CT molecular complexity index is 420. The van der Waals surface area contributed by atoms with E-state index in [0.717, 1.165) is 12.3 Å². The molecule has 1 aliphatic rings. The third-order valence-corrected chi connectivity index (χ3v) is 3.10. The number of hydrogen-bond donors (Lipinski definition) is 2. The molecule has 2 rings (SSSR count). The van der Waals surface area contributed by atoms with E-state index in [1.807, 2.05) is 0 Å². The second kappa shape index (κ2) is 5.03. The maximum Gasteiger partial charge on any atom is 0.371 e. The highest BCUT2D eigenvalue weighted by molar-refractivity contribution is 5.93. The smallest absolute Gasteiger partial charge is 0.371 e. The van der Waals surface area contributed by atoms with Gasteiger partial charge in [0.25, 0.3) is 5.91 Å². The van der Waals surface area contributed by atoms with E-state index in [-0.39, 0.29) is 17.4 Å². The van der Waals surface area contributed by atoms with Gasteiger partial charge in [0.15, 0.2) is 5.76 Å². The summed E-state index contributed by atoms with van der Waals surface area (Å²) in [5.41, 5.74) is 0. The SMILES string of the molecule is O=C(O)c1ccc(C(=O)NCCC2CCC2)o1. The van der Waals surface area contributed by atoms with Gasteiger partial charge in [-0.25, -0.2) is 4.79 Å². The second-order valence-electron chi connectivity index (χ2n) is 4.31. The molecule has 1 aromatic heterocycles. The molecule has 1 aliphatic carbocycles. The van der Waals surface area contributed by atoms with Crippen LogP contribution in [0.3, 0.4) is 0 Å². The molecule has 2 N–H and O–H groups in total. The van der Waals surface area contributed by atoms with Crippen molar-refractivity contribution in [2.45, 2.75) is 25.7 Å². The van der Waals surface area contributed by atoms with Crippen LogP contribution < -0.4 is 5.32 Å². The fourth-order valence-corrected chi connectivity index (χ4v) is 1.83. The van der Waals surface area contributed by atoms with Crippen LogP contribution in [0.5, 0.6) is 0 Å². The number of amides is 1. The van der Waals surface area contributed by atoms with Gasteiger partial charge in [0.1, 0.15) is 0 Å². The molecule has 0 atom stereocenters. The minimum absolute atomic E-state index is 0.0519. The molecule has 1 amide bonds. The van der Waals surface area contributed by atoms with Crippen molar-refractivity contribution in [3.63, 3.8) is 0 Å². The lowest BCUT2D eigenvalue weighted by Crippen LogP contribution is -2.27. The second-order valence-corrected chi connectivity index (χ2v) is 4.31. The maximum absolute atomic E-state index is 11.6. The number of carboxylic acid groups (broad SMARTS) is 1. The van der Waals surface area contributed by atoms with Crippen LogP contribution in [-0.4, -0.2) is 23.5 Å². The predicted octanol–water partition coefficient (Wildman–Crippen LogP) is 1.90. The topological polar surface area (TPSA) is 79.5 Å². The van der Waals surface area contributed by atoms with Crippen molar-refractivity contribution in [3.8, 4) is 0 Å². The molecule has 0 unspecified atom stereocenters. The van der Waals surface area contributed by atoms with E-state index in [2.05, 4.69) is 5.32 Å². The summed E-state index contributed by atoms with van der Waals surface area (Å²) in [4.78, 5) is 22.1. The summed E-state index contributed by atoms with van der Waals surface area (Å²) in [5, 5.41) is 11.4. The highest BCUT2D eigenvalue weighted by Crippen LogP contribution is 2.28. The summed E-state index contributed by atoms with van der Waals surface area (Å²) in [6.07, 6.45) is 4.77. The predicted molar refractivity (Wildman–Crippen MR) is 60.0 cm³/mol. The van der Waals surface area contributed by atoms with Crippen LogP contribution in [0.2, 0.25) is 0 Å². The third-order valence-electron chi connectivity index (χ3n) is 3.10. The number of furan rings is 1. The van der Waals surface area contributed by atoms with Crippen molar-refractivity contribution in [2.75, 3.05) is 6.54 Å². The van der Waals surface area contributed by atoms with E-state index in [9.17, 15) is 9.59 Å². The number of carboxylic acids is 1. The van der Waals surface area contributed by atoms with Crippen molar-refractivity contribution in [3.05, 3.63) is 23.7 Å². The molecule has 0 bridgehead atoms. The minimum Gasteiger partial charge on any atom is -0.475 e. The number of rotatable bonds is 5. The fourth-order valence-electron chi connectivity index (χ4n) is 1.83. The standard InChI is InChI=1S/C12H15NO4/c14-11(13-7-6-8-2-1-3-8)9-4-5-10(17-9)12(15)16/h4-5,8H,1-3,6-7H2,(H,13,14)(H,15,16). The van der Waals surface area contributed by atoms with Crippen LogP contribution in [0.25, 0.3) is 0 Å². The summed E-state index contributed by atoms with van der Waals surface area (Å²) in [6, 6.07) is 2.66. The van der Waals surface area contributed by atoms with E-state index < -0.39 is 5.97 Å². The Morgan fingerprint density at radius 2 is 2.06 bits per heavy atom. The van der Waals surface area contributed by atoms with E-state index in [1.165, 1.54) is 31.4 Å². The molecule has 0 saturated heterocycles. The lowest BCUT2D eigenvalue weighted by Gasteiger charge is -2.24. The number of hydrogen-bond acceptors (Lipinski definition) is 3. The van der Waals surface area contributed by atoms with Gasteiger partial charge in [-0.15, -0.1) is 0 Å². The fraction of sp³-hybridized carbons (Fsp3) is 0.500. The lowest BCUT2D eigenvalue weighted by atomic mass is 9.83. The van der Waals surface area contributed by atoms with Crippen LogP contribution in [0.1, 0.15) is 46.8 Å². The Labute approximate surface area is 98.8 Å². The average Bonchev–Trinajstić information content (AvgIpc) is 2.70. The molecule has 1 fully saturated rings. The van der Waals surface area contributed by atoms with Crippen LogP contribution in [0.15, 0.2) is 16.5 Å². The monoisotopic (exact) mass is 237 g/mol. The largest absolute Gasteiger partial charge is 0.475 e. The van der Waals surface area contributed by atoms with Crippen molar-refractivity contribution >= 4 is 11.9 Å². The van der Waals surface area contributed by atoms with Crippen molar-refractivity contribution in [1.82, 2.24) is 5.32 Å². The van der Waals surface area contributed by atoms with Gasteiger partial charge in [-0.3, -0.25) is 4.79 Å². The Balaban J connectivity index is 1.79. The van der Waals surface area contributed by atoms with Crippen LogP contribution in [0, 0.1) is 5.92 Å². The summed E-state index contributed by atoms with van der Waals surface area (Å²) in [6.45, 7) is 0.618. The number of nitrogens with one attached hydrogen (secondary N) is 1. The van der Waals surface area contributed by atoms with Crippen molar-refractivity contribution in [1.29, 1.82) is 0 Å². The van der Waals surface area contributed by atoms with Crippen molar-refractivity contribution in [2.24, 2.45) is 5.92 Å². The number of aromatic carboxylic acids is 1. The van der Waals surface area contributed by atoms with Gasteiger partial charge >= 0.3 is 5.97 Å². The molecule has 5 nitrogen and oxygen atoms in total. The summed E-state index contributed by atoms with van der Waals surface area (Å²) >= 11 is 0. The van der Waals surface area contributed by atoms with Crippen LogP contribution in [0.4, 0.5) is 0 Å². The molecule has 0 spiro atoms. The first kappa shape index (κ1) is 11.7. The number of carbonyl (C=O) groups excluding carboxylic acids is 1. The highest BCUT2D eigenvalue weighted by Gasteiger charge is 2.18. The molecule has 92 valence electrons. The van der Waals surface area contributed by atoms with Gasteiger partial charge in [0, 0.05) is 6.54 Å². The molecule has 0 aromatic carbocycles. The maximum atomic E-state index is 11.6. The zero-order valence-electron chi connectivity index (χ0n) is 9.44. The third kappa shape index (κ3) is 2.87. The van der Waals surface area contributed by atoms with E-state index in [4.69, 9.17) is 9.52 Å².